The maximum atomic E-state index is 11.7. The Kier molecular flexibility index (Phi) is 5.16. The lowest BCUT2D eigenvalue weighted by Crippen LogP contribution is -2.43. The number of carbonyl (C=O) groups is 2. The van der Waals surface area contributed by atoms with E-state index in [0.29, 0.717) is 24.4 Å². The number of carbonyl (C=O) groups excluding carboxylic acids is 2. The fourth-order valence-electron chi connectivity index (χ4n) is 2.09. The van der Waals surface area contributed by atoms with Crippen LogP contribution < -0.4 is 15.4 Å². The highest BCUT2D eigenvalue weighted by molar-refractivity contribution is 5.81. The quantitative estimate of drug-likeness (QED) is 0.828. The summed E-state index contributed by atoms with van der Waals surface area (Å²) in [5.74, 6) is 0.101. The molecular weight excluding hydrogens is 270 g/mol. The van der Waals surface area contributed by atoms with Crippen molar-refractivity contribution >= 4 is 11.8 Å². The lowest BCUT2D eigenvalue weighted by atomic mass is 9.99. The number of ether oxygens (including phenoxy) is 1. The molecule has 0 saturated carbocycles. The van der Waals surface area contributed by atoms with E-state index in [0.717, 1.165) is 12.8 Å². The Morgan fingerprint density at radius 1 is 1.43 bits per heavy atom. The molecule has 0 bridgehead atoms. The number of nitrogens with one attached hydrogen (secondary N) is 2. The average molecular weight is 287 g/mol. The summed E-state index contributed by atoms with van der Waals surface area (Å²) >= 11 is 0. The normalized spacial score (nSPS) is 17.5. The number of benzene rings is 1. The summed E-state index contributed by atoms with van der Waals surface area (Å²) in [6.07, 6.45) is 1.73. The summed E-state index contributed by atoms with van der Waals surface area (Å²) in [6, 6.07) is 8.53. The minimum Gasteiger partial charge on any atom is -0.484 e. The van der Waals surface area contributed by atoms with Crippen molar-refractivity contribution < 1.29 is 14.3 Å². The third-order valence-electron chi connectivity index (χ3n) is 3.30. The van der Waals surface area contributed by atoms with Crippen LogP contribution in [0.4, 0.5) is 0 Å². The van der Waals surface area contributed by atoms with Crippen LogP contribution in [0.5, 0.6) is 5.75 Å². The third kappa shape index (κ3) is 4.49. The molecule has 2 amide bonds. The molecule has 1 saturated heterocycles. The van der Waals surface area contributed by atoms with Gasteiger partial charge in [0.15, 0.2) is 6.61 Å². The molecule has 6 heteroatoms. The predicted octanol–water partition coefficient (Wildman–Crippen LogP) is 0.579. The zero-order chi connectivity index (χ0) is 15.1. The first-order valence-electron chi connectivity index (χ1n) is 6.86. The topological polar surface area (TPSA) is 91.2 Å². The van der Waals surface area contributed by atoms with Gasteiger partial charge in [0.05, 0.1) is 17.6 Å². The van der Waals surface area contributed by atoms with Gasteiger partial charge >= 0.3 is 0 Å². The summed E-state index contributed by atoms with van der Waals surface area (Å²) < 4.78 is 5.31. The van der Waals surface area contributed by atoms with E-state index in [1.54, 1.807) is 24.3 Å². The van der Waals surface area contributed by atoms with Gasteiger partial charge in [-0.25, -0.2) is 0 Å². The van der Waals surface area contributed by atoms with Crippen molar-refractivity contribution in [1.82, 2.24) is 10.6 Å². The molecule has 1 aliphatic rings. The number of piperidine rings is 1. The molecule has 1 aliphatic heterocycles. The Morgan fingerprint density at radius 2 is 2.19 bits per heavy atom. The number of amides is 2. The largest absolute Gasteiger partial charge is 0.484 e. The molecule has 1 aromatic rings. The van der Waals surface area contributed by atoms with Crippen LogP contribution >= 0.6 is 0 Å². The maximum absolute atomic E-state index is 11.7. The van der Waals surface area contributed by atoms with Gasteiger partial charge in [-0.1, -0.05) is 0 Å². The van der Waals surface area contributed by atoms with Crippen molar-refractivity contribution in [3.63, 3.8) is 0 Å². The minimum absolute atomic E-state index is 0.00504. The van der Waals surface area contributed by atoms with Gasteiger partial charge < -0.3 is 15.4 Å². The van der Waals surface area contributed by atoms with Gasteiger partial charge in [0.2, 0.25) is 5.91 Å². The molecule has 110 valence electrons. The van der Waals surface area contributed by atoms with Gasteiger partial charge in [-0.05, 0) is 37.1 Å². The van der Waals surface area contributed by atoms with Gasteiger partial charge in [0.1, 0.15) is 5.75 Å². The van der Waals surface area contributed by atoms with E-state index in [4.69, 9.17) is 10.00 Å². The molecule has 21 heavy (non-hydrogen) atoms. The Balaban J connectivity index is 1.71. The highest BCUT2D eigenvalue weighted by atomic mass is 16.5. The summed E-state index contributed by atoms with van der Waals surface area (Å²) in [5.41, 5.74) is 0.537. The smallest absolute Gasteiger partial charge is 0.257 e. The second-order valence-electron chi connectivity index (χ2n) is 4.86. The maximum Gasteiger partial charge on any atom is 0.257 e. The number of nitriles is 1. The van der Waals surface area contributed by atoms with Crippen LogP contribution in [0.2, 0.25) is 0 Å². The summed E-state index contributed by atoms with van der Waals surface area (Å²) in [5, 5.41) is 14.1. The van der Waals surface area contributed by atoms with Crippen molar-refractivity contribution in [3.05, 3.63) is 29.8 Å². The molecule has 0 unspecified atom stereocenters. The first-order valence-corrected chi connectivity index (χ1v) is 6.86. The van der Waals surface area contributed by atoms with E-state index in [9.17, 15) is 9.59 Å². The first-order chi connectivity index (χ1) is 10.2. The Hall–Kier alpha value is -2.55. The van der Waals surface area contributed by atoms with E-state index in [1.807, 2.05) is 6.07 Å². The predicted molar refractivity (Wildman–Crippen MR) is 75.4 cm³/mol. The zero-order valence-corrected chi connectivity index (χ0v) is 11.6. The highest BCUT2D eigenvalue weighted by Gasteiger charge is 2.22. The van der Waals surface area contributed by atoms with Crippen LogP contribution in [0.3, 0.4) is 0 Å². The molecule has 0 radical (unpaired) electrons. The second kappa shape index (κ2) is 7.29. The van der Waals surface area contributed by atoms with Crippen LogP contribution in [-0.4, -0.2) is 31.5 Å². The molecule has 1 atom stereocenters. The Labute approximate surface area is 123 Å². The molecular formula is C15H17N3O3. The van der Waals surface area contributed by atoms with Crippen LogP contribution in [0.25, 0.3) is 0 Å². The molecule has 1 heterocycles. The lowest BCUT2D eigenvalue weighted by molar-refractivity contribution is -0.127. The van der Waals surface area contributed by atoms with Gasteiger partial charge in [-0.2, -0.15) is 5.26 Å². The summed E-state index contributed by atoms with van der Waals surface area (Å²) in [4.78, 5) is 23.2. The molecule has 2 N–H and O–H groups in total. The van der Waals surface area contributed by atoms with E-state index in [-0.39, 0.29) is 24.3 Å². The van der Waals surface area contributed by atoms with Gasteiger partial charge in [0.25, 0.3) is 5.91 Å². The Morgan fingerprint density at radius 3 is 2.86 bits per heavy atom. The lowest BCUT2D eigenvalue weighted by Gasteiger charge is -2.21. The van der Waals surface area contributed by atoms with Gasteiger partial charge in [0, 0.05) is 13.1 Å². The van der Waals surface area contributed by atoms with Crippen LogP contribution in [0, 0.1) is 17.2 Å². The minimum atomic E-state index is -0.266. The van der Waals surface area contributed by atoms with Crippen LogP contribution in [0.1, 0.15) is 18.4 Å². The molecule has 2 rings (SSSR count). The molecule has 1 fully saturated rings. The SMILES string of the molecule is N#Cc1ccc(OCC(=O)NC[C@H]2CCCNC2=O)cc1. The van der Waals surface area contributed by atoms with E-state index >= 15 is 0 Å². The monoisotopic (exact) mass is 287 g/mol. The fraction of sp³-hybridized carbons (Fsp3) is 0.400. The average Bonchev–Trinajstić information content (AvgIpc) is 2.52. The number of nitrogens with zero attached hydrogens (tertiary/aromatic N) is 1. The summed E-state index contributed by atoms with van der Waals surface area (Å²) in [6.45, 7) is 0.937. The van der Waals surface area contributed by atoms with Crippen molar-refractivity contribution in [3.8, 4) is 11.8 Å². The molecule has 0 aliphatic carbocycles. The molecule has 6 nitrogen and oxygen atoms in total. The first kappa shape index (κ1) is 14.9. The van der Waals surface area contributed by atoms with Crippen LogP contribution in [0.15, 0.2) is 24.3 Å². The zero-order valence-electron chi connectivity index (χ0n) is 11.6. The highest BCUT2D eigenvalue weighted by Crippen LogP contribution is 2.12. The molecule has 0 spiro atoms. The van der Waals surface area contributed by atoms with E-state index < -0.39 is 0 Å². The molecule has 0 aromatic heterocycles. The van der Waals surface area contributed by atoms with E-state index in [2.05, 4.69) is 10.6 Å². The number of rotatable bonds is 5. The van der Waals surface area contributed by atoms with Crippen molar-refractivity contribution in [2.24, 2.45) is 5.92 Å². The number of hydrogen-bond donors (Lipinski definition) is 2. The van der Waals surface area contributed by atoms with Crippen molar-refractivity contribution in [2.75, 3.05) is 19.7 Å². The summed E-state index contributed by atoms with van der Waals surface area (Å²) in [7, 11) is 0. The standard InChI is InChI=1S/C15H17N3O3/c16-8-11-3-5-13(6-4-11)21-10-14(19)18-9-12-2-1-7-17-15(12)20/h3-6,12H,1-2,7,9-10H2,(H,17,20)(H,18,19)/t12-/m1/s1. The second-order valence-corrected chi connectivity index (χ2v) is 4.86. The third-order valence-corrected chi connectivity index (χ3v) is 3.30. The van der Waals surface area contributed by atoms with Gasteiger partial charge in [-0.3, -0.25) is 9.59 Å². The van der Waals surface area contributed by atoms with Gasteiger partial charge in [-0.15, -0.1) is 0 Å². The fourth-order valence-corrected chi connectivity index (χ4v) is 2.09. The Bertz CT molecular complexity index is 548. The van der Waals surface area contributed by atoms with Crippen molar-refractivity contribution in [1.29, 1.82) is 5.26 Å². The van der Waals surface area contributed by atoms with Crippen LogP contribution in [-0.2, 0) is 9.59 Å². The number of hydrogen-bond acceptors (Lipinski definition) is 4. The van der Waals surface area contributed by atoms with E-state index in [1.165, 1.54) is 0 Å². The molecule has 1 aromatic carbocycles. The van der Waals surface area contributed by atoms with Crippen molar-refractivity contribution in [2.45, 2.75) is 12.8 Å².